The second-order valence-electron chi connectivity index (χ2n) is 6.82. The number of ether oxygens (including phenoxy) is 1. The molecular formula is C21H21Cl2NO4. The van der Waals surface area contributed by atoms with Gasteiger partial charge in [-0.1, -0.05) is 71.2 Å². The largest absolute Gasteiger partial charge is 0.478 e. The van der Waals surface area contributed by atoms with E-state index in [1.807, 2.05) is 38.1 Å². The molecule has 3 rings (SSSR count). The molecule has 0 aromatic heterocycles. The van der Waals surface area contributed by atoms with Crippen LogP contribution in [-0.4, -0.2) is 22.4 Å². The second-order valence-corrected chi connectivity index (χ2v) is 7.64. The summed E-state index contributed by atoms with van der Waals surface area (Å²) in [5, 5.41) is 14.7. The molecule has 7 heteroatoms. The highest BCUT2D eigenvalue weighted by molar-refractivity contribution is 6.42. The number of halogens is 2. The number of rotatable bonds is 7. The monoisotopic (exact) mass is 421 g/mol. The van der Waals surface area contributed by atoms with Crippen LogP contribution in [0.4, 0.5) is 0 Å². The van der Waals surface area contributed by atoms with Crippen LogP contribution in [0.5, 0.6) is 0 Å². The Hall–Kier alpha value is -2.08. The molecule has 1 heterocycles. The Labute approximate surface area is 173 Å². The molecule has 2 aromatic carbocycles. The van der Waals surface area contributed by atoms with Crippen molar-refractivity contribution in [3.8, 4) is 0 Å². The summed E-state index contributed by atoms with van der Waals surface area (Å²) in [7, 11) is 0. The number of aliphatic carboxylic acids is 1. The van der Waals surface area contributed by atoms with Crippen LogP contribution >= 0.6 is 23.2 Å². The average molecular weight is 422 g/mol. The number of oxime groups is 1. The summed E-state index contributed by atoms with van der Waals surface area (Å²) >= 11 is 12.2. The molecule has 1 N–H and O–H groups in total. The van der Waals surface area contributed by atoms with E-state index in [1.165, 1.54) is 0 Å². The third-order valence-corrected chi connectivity index (χ3v) is 5.52. The van der Waals surface area contributed by atoms with E-state index >= 15 is 0 Å². The molecule has 0 aliphatic carbocycles. The SMILES string of the molecule is CCC1=NOC(C(=O)O)(C(OCc2ccc(C)cc2)c2ccc(Cl)c(Cl)c2)C1. The van der Waals surface area contributed by atoms with Gasteiger partial charge in [-0.25, -0.2) is 4.79 Å². The molecule has 5 nitrogen and oxygen atoms in total. The first kappa shape index (κ1) is 20.6. The zero-order valence-corrected chi connectivity index (χ0v) is 17.1. The smallest absolute Gasteiger partial charge is 0.354 e. The van der Waals surface area contributed by atoms with E-state index in [1.54, 1.807) is 18.2 Å². The Bertz CT molecular complexity index is 898. The first-order valence-corrected chi connectivity index (χ1v) is 9.70. The quantitative estimate of drug-likeness (QED) is 0.634. The molecule has 28 heavy (non-hydrogen) atoms. The van der Waals surface area contributed by atoms with E-state index in [4.69, 9.17) is 32.8 Å². The van der Waals surface area contributed by atoms with Crippen molar-refractivity contribution in [3.63, 3.8) is 0 Å². The van der Waals surface area contributed by atoms with Crippen molar-refractivity contribution in [2.24, 2.45) is 5.16 Å². The minimum atomic E-state index is -1.66. The third kappa shape index (κ3) is 4.17. The highest BCUT2D eigenvalue weighted by atomic mass is 35.5. The van der Waals surface area contributed by atoms with Gasteiger partial charge in [-0.3, -0.25) is 0 Å². The number of hydrogen-bond donors (Lipinski definition) is 1. The molecule has 0 amide bonds. The van der Waals surface area contributed by atoms with Gasteiger partial charge in [-0.05, 0) is 36.6 Å². The summed E-state index contributed by atoms with van der Waals surface area (Å²) in [5.74, 6) is -1.14. The summed E-state index contributed by atoms with van der Waals surface area (Å²) in [6.45, 7) is 4.12. The van der Waals surface area contributed by atoms with Crippen LogP contribution in [0.15, 0.2) is 47.6 Å². The molecule has 2 aromatic rings. The van der Waals surface area contributed by atoms with Crippen molar-refractivity contribution in [1.82, 2.24) is 0 Å². The lowest BCUT2D eigenvalue weighted by Crippen LogP contribution is -2.46. The number of hydrogen-bond acceptors (Lipinski definition) is 4. The van der Waals surface area contributed by atoms with Crippen LogP contribution in [0, 0.1) is 6.92 Å². The van der Waals surface area contributed by atoms with Crippen molar-refractivity contribution in [3.05, 3.63) is 69.2 Å². The molecule has 2 atom stereocenters. The normalized spacial score (nSPS) is 19.8. The second kappa shape index (κ2) is 8.52. The van der Waals surface area contributed by atoms with Gasteiger partial charge in [-0.15, -0.1) is 0 Å². The van der Waals surface area contributed by atoms with Crippen LogP contribution in [-0.2, 0) is 21.0 Å². The molecule has 1 aliphatic heterocycles. The number of nitrogens with zero attached hydrogens (tertiary/aromatic N) is 1. The molecule has 0 radical (unpaired) electrons. The Morgan fingerprint density at radius 3 is 2.54 bits per heavy atom. The van der Waals surface area contributed by atoms with Gasteiger partial charge in [0.1, 0.15) is 6.10 Å². The van der Waals surface area contributed by atoms with Crippen LogP contribution in [0.25, 0.3) is 0 Å². The van der Waals surface area contributed by atoms with Crippen molar-refractivity contribution in [2.75, 3.05) is 0 Å². The molecule has 0 bridgehead atoms. The minimum absolute atomic E-state index is 0.137. The van der Waals surface area contributed by atoms with Crippen molar-refractivity contribution < 1.29 is 19.5 Å². The molecule has 1 aliphatic rings. The van der Waals surface area contributed by atoms with Gasteiger partial charge in [-0.2, -0.15) is 0 Å². The van der Waals surface area contributed by atoms with Gasteiger partial charge in [0.05, 0.1) is 22.4 Å². The van der Waals surface area contributed by atoms with E-state index in [0.29, 0.717) is 27.7 Å². The summed E-state index contributed by atoms with van der Waals surface area (Å²) < 4.78 is 6.11. The van der Waals surface area contributed by atoms with Crippen molar-refractivity contribution in [1.29, 1.82) is 0 Å². The summed E-state index contributed by atoms with van der Waals surface area (Å²) in [6.07, 6.45) is -0.187. The number of aryl methyl sites for hydroxylation is 1. The number of carboxylic acid groups (broad SMARTS) is 1. The Morgan fingerprint density at radius 2 is 1.96 bits per heavy atom. The topological polar surface area (TPSA) is 68.1 Å². The zero-order chi connectivity index (χ0) is 20.3. The maximum absolute atomic E-state index is 12.3. The van der Waals surface area contributed by atoms with Crippen LogP contribution < -0.4 is 0 Å². The maximum Gasteiger partial charge on any atom is 0.354 e. The van der Waals surface area contributed by atoms with Gasteiger partial charge in [0.25, 0.3) is 5.60 Å². The molecule has 0 spiro atoms. The molecule has 0 fully saturated rings. The van der Waals surface area contributed by atoms with E-state index in [-0.39, 0.29) is 13.0 Å². The first-order chi connectivity index (χ1) is 13.4. The molecule has 2 unspecified atom stereocenters. The lowest BCUT2D eigenvalue weighted by molar-refractivity contribution is -0.187. The predicted molar refractivity (Wildman–Crippen MR) is 109 cm³/mol. The Balaban J connectivity index is 1.96. The molecule has 0 saturated heterocycles. The number of benzene rings is 2. The summed E-state index contributed by atoms with van der Waals surface area (Å²) in [4.78, 5) is 17.8. The number of carbonyl (C=O) groups is 1. The van der Waals surface area contributed by atoms with Gasteiger partial charge < -0.3 is 14.7 Å². The van der Waals surface area contributed by atoms with Gasteiger partial charge in [0, 0.05) is 6.42 Å². The van der Waals surface area contributed by atoms with Crippen LogP contribution in [0.3, 0.4) is 0 Å². The van der Waals surface area contributed by atoms with Gasteiger partial charge in [0.15, 0.2) is 0 Å². The van der Waals surface area contributed by atoms with Crippen molar-refractivity contribution >= 4 is 34.9 Å². The maximum atomic E-state index is 12.3. The van der Waals surface area contributed by atoms with Crippen LogP contribution in [0.2, 0.25) is 10.0 Å². The fraction of sp³-hybridized carbons (Fsp3) is 0.333. The van der Waals surface area contributed by atoms with Crippen LogP contribution in [0.1, 0.15) is 42.6 Å². The standard InChI is InChI=1S/C21H21Cl2NO4/c1-3-16-11-21(20(25)26,28-24-16)19(15-8-9-17(22)18(23)10-15)27-12-14-6-4-13(2)5-7-14/h4-10,19H,3,11-12H2,1-2H3,(H,25,26). The Morgan fingerprint density at radius 1 is 1.25 bits per heavy atom. The third-order valence-electron chi connectivity index (χ3n) is 4.78. The molecule has 148 valence electrons. The average Bonchev–Trinajstić information content (AvgIpc) is 3.12. The summed E-state index contributed by atoms with van der Waals surface area (Å²) in [6, 6.07) is 12.8. The van der Waals surface area contributed by atoms with E-state index in [0.717, 1.165) is 11.1 Å². The van der Waals surface area contributed by atoms with Gasteiger partial charge >= 0.3 is 5.97 Å². The van der Waals surface area contributed by atoms with Gasteiger partial charge in [0.2, 0.25) is 0 Å². The zero-order valence-electron chi connectivity index (χ0n) is 15.6. The fourth-order valence-electron chi connectivity index (χ4n) is 3.11. The fourth-order valence-corrected chi connectivity index (χ4v) is 3.42. The van der Waals surface area contributed by atoms with Crippen molar-refractivity contribution in [2.45, 2.75) is 45.0 Å². The predicted octanol–water partition coefficient (Wildman–Crippen LogP) is 5.57. The highest BCUT2D eigenvalue weighted by Crippen LogP contribution is 2.42. The Kier molecular flexibility index (Phi) is 6.28. The van der Waals surface area contributed by atoms with E-state index < -0.39 is 17.7 Å². The first-order valence-electron chi connectivity index (χ1n) is 8.95. The number of carboxylic acids is 1. The minimum Gasteiger partial charge on any atom is -0.478 e. The molecule has 0 saturated carbocycles. The lowest BCUT2D eigenvalue weighted by Gasteiger charge is -2.31. The van der Waals surface area contributed by atoms with E-state index in [9.17, 15) is 9.90 Å². The van der Waals surface area contributed by atoms with E-state index in [2.05, 4.69) is 5.16 Å². The lowest BCUT2D eigenvalue weighted by atomic mass is 9.86. The molecular weight excluding hydrogens is 401 g/mol. The summed E-state index contributed by atoms with van der Waals surface area (Å²) in [5.41, 5.74) is 1.63. The highest BCUT2D eigenvalue weighted by Gasteiger charge is 2.54.